The van der Waals surface area contributed by atoms with E-state index in [1.807, 2.05) is 49.3 Å². The highest BCUT2D eigenvalue weighted by atomic mass is 16.3. The molecule has 6 nitrogen and oxygen atoms in total. The van der Waals surface area contributed by atoms with Gasteiger partial charge in [0.25, 0.3) is 11.7 Å². The van der Waals surface area contributed by atoms with Crippen LogP contribution in [-0.2, 0) is 9.59 Å². The van der Waals surface area contributed by atoms with Crippen LogP contribution in [-0.4, -0.2) is 66.9 Å². The summed E-state index contributed by atoms with van der Waals surface area (Å²) in [6.45, 7) is 6.96. The van der Waals surface area contributed by atoms with Crippen LogP contribution in [0.1, 0.15) is 31.0 Å². The average molecular weight is 422 g/mol. The highest BCUT2D eigenvalue weighted by Gasteiger charge is 2.45. The molecule has 0 spiro atoms. The van der Waals surface area contributed by atoms with Crippen molar-refractivity contribution in [2.24, 2.45) is 0 Å². The minimum Gasteiger partial charge on any atom is -0.507 e. The molecule has 0 aromatic heterocycles. The third-order valence-electron chi connectivity index (χ3n) is 5.86. The number of likely N-dealkylation sites (tertiary alicyclic amines) is 1. The van der Waals surface area contributed by atoms with Crippen molar-refractivity contribution in [3.8, 4) is 0 Å². The number of amides is 1. The topological polar surface area (TPSA) is 64.1 Å². The van der Waals surface area contributed by atoms with E-state index in [-0.39, 0.29) is 11.3 Å². The van der Waals surface area contributed by atoms with E-state index in [2.05, 4.69) is 18.7 Å². The lowest BCUT2D eigenvalue weighted by molar-refractivity contribution is -0.140. The van der Waals surface area contributed by atoms with E-state index in [9.17, 15) is 14.7 Å². The van der Waals surface area contributed by atoms with Crippen LogP contribution in [0, 0.1) is 0 Å². The van der Waals surface area contributed by atoms with Gasteiger partial charge in [0.05, 0.1) is 11.6 Å². The minimum atomic E-state index is -0.636. The van der Waals surface area contributed by atoms with Gasteiger partial charge in [0.15, 0.2) is 0 Å². The molecule has 0 bridgehead atoms. The molecule has 2 aromatic rings. The first-order valence-corrected chi connectivity index (χ1v) is 10.7. The molecule has 1 heterocycles. The van der Waals surface area contributed by atoms with Crippen LogP contribution < -0.4 is 4.90 Å². The molecule has 1 fully saturated rings. The van der Waals surface area contributed by atoms with Gasteiger partial charge in [0.1, 0.15) is 5.76 Å². The van der Waals surface area contributed by atoms with Crippen LogP contribution in [0.15, 0.2) is 60.2 Å². The van der Waals surface area contributed by atoms with E-state index in [0.29, 0.717) is 18.7 Å². The molecule has 1 aliphatic heterocycles. The Hall–Kier alpha value is -3.12. The number of Topliss-reactive ketones (excluding diaryl/α,β-unsaturated/α-hetero) is 1. The van der Waals surface area contributed by atoms with Crippen LogP contribution in [0.4, 0.5) is 5.69 Å². The Morgan fingerprint density at radius 2 is 1.58 bits per heavy atom. The first-order valence-electron chi connectivity index (χ1n) is 10.7. The summed E-state index contributed by atoms with van der Waals surface area (Å²) in [4.78, 5) is 31.8. The molecule has 1 aliphatic rings. The lowest BCUT2D eigenvalue weighted by Gasteiger charge is -2.28. The first-order chi connectivity index (χ1) is 14.9. The quantitative estimate of drug-likeness (QED) is 0.401. The zero-order chi connectivity index (χ0) is 22.5. The number of carbonyl (C=O) groups is 2. The SMILES string of the molecule is CCN(CC)CCN1C(=O)C(=O)/C(=C(/O)c2ccccc2)[C@@H]1c1ccc(N(C)C)cc1. The number of rotatable bonds is 8. The molecule has 1 atom stereocenters. The summed E-state index contributed by atoms with van der Waals surface area (Å²) in [5.41, 5.74) is 2.50. The van der Waals surface area contributed by atoms with Crippen LogP contribution in [0.2, 0.25) is 0 Å². The molecule has 3 rings (SSSR count). The second-order valence-electron chi connectivity index (χ2n) is 7.87. The van der Waals surface area contributed by atoms with Gasteiger partial charge in [0, 0.05) is 38.4 Å². The average Bonchev–Trinajstić information content (AvgIpc) is 3.04. The number of hydrogen-bond acceptors (Lipinski definition) is 5. The van der Waals surface area contributed by atoms with Gasteiger partial charge in [-0.05, 0) is 30.8 Å². The molecule has 1 saturated heterocycles. The lowest BCUT2D eigenvalue weighted by Crippen LogP contribution is -2.38. The van der Waals surface area contributed by atoms with Gasteiger partial charge >= 0.3 is 0 Å². The van der Waals surface area contributed by atoms with E-state index in [1.165, 1.54) is 0 Å². The molecule has 6 heteroatoms. The summed E-state index contributed by atoms with van der Waals surface area (Å²) in [6, 6.07) is 16.1. The largest absolute Gasteiger partial charge is 0.507 e. The Kier molecular flexibility index (Phi) is 7.13. The van der Waals surface area contributed by atoms with Crippen LogP contribution in [0.25, 0.3) is 5.76 Å². The van der Waals surface area contributed by atoms with Crippen molar-refractivity contribution in [1.29, 1.82) is 0 Å². The zero-order valence-electron chi connectivity index (χ0n) is 18.7. The fraction of sp³-hybridized carbons (Fsp3) is 0.360. The maximum Gasteiger partial charge on any atom is 0.295 e. The molecular formula is C25H31N3O3. The molecule has 1 N–H and O–H groups in total. The van der Waals surface area contributed by atoms with Gasteiger partial charge < -0.3 is 19.8 Å². The van der Waals surface area contributed by atoms with Gasteiger partial charge in [-0.3, -0.25) is 9.59 Å². The summed E-state index contributed by atoms with van der Waals surface area (Å²) >= 11 is 0. The summed E-state index contributed by atoms with van der Waals surface area (Å²) in [5.74, 6) is -1.33. The summed E-state index contributed by atoms with van der Waals surface area (Å²) in [6.07, 6.45) is 0. The van der Waals surface area contributed by atoms with Crippen molar-refractivity contribution in [2.45, 2.75) is 19.9 Å². The third-order valence-corrected chi connectivity index (χ3v) is 5.86. The van der Waals surface area contributed by atoms with E-state index >= 15 is 0 Å². The van der Waals surface area contributed by atoms with Gasteiger partial charge in [-0.1, -0.05) is 56.3 Å². The predicted octanol–water partition coefficient (Wildman–Crippen LogP) is 3.52. The molecule has 164 valence electrons. The normalized spacial score (nSPS) is 18.1. The number of carbonyl (C=O) groups excluding carboxylic acids is 2. The standard InChI is InChI=1S/C25H31N3O3/c1-5-27(6-2)16-17-28-22(18-12-14-20(15-13-18)26(3)4)21(24(30)25(28)31)23(29)19-10-8-7-9-11-19/h7-15,22,29H,5-6,16-17H2,1-4H3/b23-21+/t22-/m0/s1. The summed E-state index contributed by atoms with van der Waals surface area (Å²) < 4.78 is 0. The Balaban J connectivity index is 2.08. The molecular weight excluding hydrogens is 390 g/mol. The second kappa shape index (κ2) is 9.79. The summed E-state index contributed by atoms with van der Waals surface area (Å²) in [7, 11) is 3.92. The zero-order valence-corrected chi connectivity index (χ0v) is 18.7. The van der Waals surface area contributed by atoms with Crippen molar-refractivity contribution >= 4 is 23.1 Å². The number of anilines is 1. The Labute approximate surface area is 184 Å². The number of nitrogens with zero attached hydrogens (tertiary/aromatic N) is 3. The molecule has 0 radical (unpaired) electrons. The van der Waals surface area contributed by atoms with Crippen molar-refractivity contribution in [2.75, 3.05) is 45.2 Å². The second-order valence-corrected chi connectivity index (χ2v) is 7.87. The van der Waals surface area contributed by atoms with E-state index in [0.717, 1.165) is 24.3 Å². The maximum atomic E-state index is 13.0. The van der Waals surface area contributed by atoms with Crippen LogP contribution >= 0.6 is 0 Å². The van der Waals surface area contributed by atoms with Crippen molar-refractivity contribution in [1.82, 2.24) is 9.80 Å². The lowest BCUT2D eigenvalue weighted by atomic mass is 9.95. The van der Waals surface area contributed by atoms with Gasteiger partial charge in [-0.15, -0.1) is 0 Å². The third kappa shape index (κ3) is 4.64. The van der Waals surface area contributed by atoms with Gasteiger partial charge in [0.2, 0.25) is 0 Å². The Bertz CT molecular complexity index is 948. The van der Waals surface area contributed by atoms with Crippen molar-refractivity contribution in [3.63, 3.8) is 0 Å². The Morgan fingerprint density at radius 1 is 0.968 bits per heavy atom. The number of aliphatic hydroxyl groups excluding tert-OH is 1. The van der Waals surface area contributed by atoms with Crippen LogP contribution in [0.5, 0.6) is 0 Å². The van der Waals surface area contributed by atoms with E-state index in [1.54, 1.807) is 29.2 Å². The Morgan fingerprint density at radius 3 is 2.13 bits per heavy atom. The van der Waals surface area contributed by atoms with E-state index in [4.69, 9.17) is 0 Å². The number of hydrogen-bond donors (Lipinski definition) is 1. The maximum absolute atomic E-state index is 13.0. The minimum absolute atomic E-state index is 0.133. The molecule has 0 unspecified atom stereocenters. The van der Waals surface area contributed by atoms with Gasteiger partial charge in [-0.25, -0.2) is 0 Å². The number of aliphatic hydroxyl groups is 1. The monoisotopic (exact) mass is 421 g/mol. The van der Waals surface area contributed by atoms with E-state index < -0.39 is 17.7 Å². The molecule has 31 heavy (non-hydrogen) atoms. The molecule has 0 saturated carbocycles. The predicted molar refractivity (Wildman–Crippen MR) is 124 cm³/mol. The number of likely N-dealkylation sites (N-methyl/N-ethyl adjacent to an activating group) is 1. The fourth-order valence-corrected chi connectivity index (χ4v) is 3.95. The van der Waals surface area contributed by atoms with Crippen molar-refractivity contribution in [3.05, 3.63) is 71.3 Å². The fourth-order valence-electron chi connectivity index (χ4n) is 3.95. The molecule has 0 aliphatic carbocycles. The smallest absolute Gasteiger partial charge is 0.295 e. The van der Waals surface area contributed by atoms with Gasteiger partial charge in [-0.2, -0.15) is 0 Å². The number of ketones is 1. The van der Waals surface area contributed by atoms with Crippen LogP contribution in [0.3, 0.4) is 0 Å². The summed E-state index contributed by atoms with van der Waals surface area (Å²) in [5, 5.41) is 11.0. The highest BCUT2D eigenvalue weighted by Crippen LogP contribution is 2.39. The highest BCUT2D eigenvalue weighted by molar-refractivity contribution is 6.46. The number of benzene rings is 2. The van der Waals surface area contributed by atoms with Crippen molar-refractivity contribution < 1.29 is 14.7 Å². The first kappa shape index (κ1) is 22.6. The molecule has 2 aromatic carbocycles. The molecule has 1 amide bonds.